The normalized spacial score (nSPS) is 12.4. The summed E-state index contributed by atoms with van der Waals surface area (Å²) in [6.07, 6.45) is 1.63. The molecule has 1 aromatic carbocycles. The summed E-state index contributed by atoms with van der Waals surface area (Å²) in [5, 5.41) is 3.26. The zero-order chi connectivity index (χ0) is 13.0. The van der Waals surface area contributed by atoms with Crippen molar-refractivity contribution in [2.24, 2.45) is 0 Å². The Morgan fingerprint density at radius 2 is 2.22 bits per heavy atom. The van der Waals surface area contributed by atoms with Crippen molar-refractivity contribution in [3.8, 4) is 5.75 Å². The predicted octanol–water partition coefficient (Wildman–Crippen LogP) is 3.28. The van der Waals surface area contributed by atoms with Gasteiger partial charge in [-0.3, -0.25) is 0 Å². The van der Waals surface area contributed by atoms with Crippen molar-refractivity contribution in [3.05, 3.63) is 53.7 Å². The van der Waals surface area contributed by atoms with Gasteiger partial charge in [-0.15, -0.1) is 0 Å². The van der Waals surface area contributed by atoms with E-state index in [0.29, 0.717) is 6.54 Å². The summed E-state index contributed by atoms with van der Waals surface area (Å²) in [4.78, 5) is 0. The van der Waals surface area contributed by atoms with Gasteiger partial charge in [0.15, 0.2) is 11.6 Å². The quantitative estimate of drug-likeness (QED) is 0.883. The molecule has 4 heteroatoms. The lowest BCUT2D eigenvalue weighted by Gasteiger charge is -2.14. The smallest absolute Gasteiger partial charge is 0.165 e. The fourth-order valence-electron chi connectivity index (χ4n) is 1.74. The molecule has 1 unspecified atom stereocenters. The molecule has 0 amide bonds. The van der Waals surface area contributed by atoms with E-state index < -0.39 is 0 Å². The average Bonchev–Trinajstić information content (AvgIpc) is 2.89. The molecule has 96 valence electrons. The number of furan rings is 1. The van der Waals surface area contributed by atoms with Crippen LogP contribution in [0.15, 0.2) is 41.0 Å². The zero-order valence-corrected chi connectivity index (χ0v) is 10.4. The van der Waals surface area contributed by atoms with Crippen LogP contribution >= 0.6 is 0 Å². The van der Waals surface area contributed by atoms with Crippen LogP contribution in [0.5, 0.6) is 5.75 Å². The van der Waals surface area contributed by atoms with Crippen molar-refractivity contribution in [3.63, 3.8) is 0 Å². The lowest BCUT2D eigenvalue weighted by atomic mass is 10.1. The van der Waals surface area contributed by atoms with Crippen molar-refractivity contribution in [2.45, 2.75) is 19.5 Å². The monoisotopic (exact) mass is 249 g/mol. The second-order valence-corrected chi connectivity index (χ2v) is 4.08. The summed E-state index contributed by atoms with van der Waals surface area (Å²) in [6, 6.07) is 8.74. The SMILES string of the molecule is COc1ccc(C(C)NCc2ccco2)cc1F. The maximum atomic E-state index is 13.6. The molecule has 2 rings (SSSR count). The summed E-state index contributed by atoms with van der Waals surface area (Å²) >= 11 is 0. The zero-order valence-electron chi connectivity index (χ0n) is 10.4. The molecular formula is C14H16FNO2. The van der Waals surface area contributed by atoms with Gasteiger partial charge >= 0.3 is 0 Å². The molecule has 0 spiro atoms. The second kappa shape index (κ2) is 5.69. The third-order valence-electron chi connectivity index (χ3n) is 2.84. The number of ether oxygens (including phenoxy) is 1. The Morgan fingerprint density at radius 1 is 1.39 bits per heavy atom. The molecule has 3 nitrogen and oxygen atoms in total. The summed E-state index contributed by atoms with van der Waals surface area (Å²) < 4.78 is 23.7. The van der Waals surface area contributed by atoms with Crippen molar-refractivity contribution in [2.75, 3.05) is 7.11 Å². The maximum Gasteiger partial charge on any atom is 0.165 e. The lowest BCUT2D eigenvalue weighted by Crippen LogP contribution is -2.17. The molecule has 0 aliphatic rings. The van der Waals surface area contributed by atoms with Gasteiger partial charge in [0.25, 0.3) is 0 Å². The predicted molar refractivity (Wildman–Crippen MR) is 66.9 cm³/mol. The molecule has 0 aliphatic heterocycles. The molecule has 2 aromatic rings. The minimum Gasteiger partial charge on any atom is -0.494 e. The Bertz CT molecular complexity index is 497. The third kappa shape index (κ3) is 2.90. The number of benzene rings is 1. The van der Waals surface area contributed by atoms with Gasteiger partial charge in [0.05, 0.1) is 19.9 Å². The van der Waals surface area contributed by atoms with Gasteiger partial charge in [-0.1, -0.05) is 6.07 Å². The number of rotatable bonds is 5. The van der Waals surface area contributed by atoms with Crippen LogP contribution in [0.4, 0.5) is 4.39 Å². The molecule has 1 heterocycles. The van der Waals surface area contributed by atoms with Crippen LogP contribution in [0.25, 0.3) is 0 Å². The van der Waals surface area contributed by atoms with E-state index in [1.54, 1.807) is 12.3 Å². The van der Waals surface area contributed by atoms with E-state index in [0.717, 1.165) is 11.3 Å². The maximum absolute atomic E-state index is 13.6. The van der Waals surface area contributed by atoms with E-state index in [4.69, 9.17) is 9.15 Å². The van der Waals surface area contributed by atoms with Crippen LogP contribution in [-0.4, -0.2) is 7.11 Å². The van der Waals surface area contributed by atoms with Crippen LogP contribution in [0.2, 0.25) is 0 Å². The first-order chi connectivity index (χ1) is 8.70. The molecule has 1 aromatic heterocycles. The molecule has 0 aliphatic carbocycles. The third-order valence-corrected chi connectivity index (χ3v) is 2.84. The standard InChI is InChI=1S/C14H16FNO2/c1-10(16-9-12-4-3-7-18-12)11-5-6-14(17-2)13(15)8-11/h3-8,10,16H,9H2,1-2H3. The van der Waals surface area contributed by atoms with Crippen LogP contribution < -0.4 is 10.1 Å². The number of hydrogen-bond donors (Lipinski definition) is 1. The van der Waals surface area contributed by atoms with Crippen LogP contribution in [-0.2, 0) is 6.54 Å². The fourth-order valence-corrected chi connectivity index (χ4v) is 1.74. The first kappa shape index (κ1) is 12.6. The van der Waals surface area contributed by atoms with Crippen molar-refractivity contribution in [1.29, 1.82) is 0 Å². The first-order valence-corrected chi connectivity index (χ1v) is 5.80. The topological polar surface area (TPSA) is 34.4 Å². The van der Waals surface area contributed by atoms with E-state index in [2.05, 4.69) is 5.32 Å². The molecule has 1 atom stereocenters. The van der Waals surface area contributed by atoms with Gasteiger partial charge in [-0.25, -0.2) is 4.39 Å². The summed E-state index contributed by atoms with van der Waals surface area (Å²) in [5.41, 5.74) is 0.875. The van der Waals surface area contributed by atoms with Gasteiger partial charge < -0.3 is 14.5 Å². The highest BCUT2D eigenvalue weighted by Gasteiger charge is 2.09. The number of hydrogen-bond acceptors (Lipinski definition) is 3. The highest BCUT2D eigenvalue weighted by molar-refractivity contribution is 5.30. The largest absolute Gasteiger partial charge is 0.494 e. The minimum atomic E-state index is -0.346. The van der Waals surface area contributed by atoms with Crippen molar-refractivity contribution < 1.29 is 13.5 Å². The van der Waals surface area contributed by atoms with Crippen LogP contribution in [0.3, 0.4) is 0 Å². The molecule has 0 radical (unpaired) electrons. The Morgan fingerprint density at radius 3 is 2.83 bits per heavy atom. The van der Waals surface area contributed by atoms with Gasteiger partial charge in [0.1, 0.15) is 5.76 Å². The minimum absolute atomic E-state index is 0.0375. The summed E-state index contributed by atoms with van der Waals surface area (Å²) in [6.45, 7) is 2.59. The number of halogens is 1. The number of methoxy groups -OCH3 is 1. The average molecular weight is 249 g/mol. The summed E-state index contributed by atoms with van der Waals surface area (Å²) in [7, 11) is 1.46. The molecule has 0 saturated carbocycles. The lowest BCUT2D eigenvalue weighted by molar-refractivity contribution is 0.385. The van der Waals surface area contributed by atoms with E-state index in [1.165, 1.54) is 13.2 Å². The van der Waals surface area contributed by atoms with Crippen LogP contribution in [0.1, 0.15) is 24.3 Å². The summed E-state index contributed by atoms with van der Waals surface area (Å²) in [5.74, 6) is 0.773. The Kier molecular flexibility index (Phi) is 3.99. The van der Waals surface area contributed by atoms with Gasteiger partial charge in [0.2, 0.25) is 0 Å². The molecule has 1 N–H and O–H groups in total. The van der Waals surface area contributed by atoms with Gasteiger partial charge in [-0.05, 0) is 36.8 Å². The molecule has 0 bridgehead atoms. The van der Waals surface area contributed by atoms with Crippen molar-refractivity contribution in [1.82, 2.24) is 5.32 Å². The fraction of sp³-hybridized carbons (Fsp3) is 0.286. The molecular weight excluding hydrogens is 233 g/mol. The highest BCUT2D eigenvalue weighted by Crippen LogP contribution is 2.21. The second-order valence-electron chi connectivity index (χ2n) is 4.08. The van der Waals surface area contributed by atoms with E-state index in [-0.39, 0.29) is 17.6 Å². The van der Waals surface area contributed by atoms with Crippen molar-refractivity contribution >= 4 is 0 Å². The molecule has 18 heavy (non-hydrogen) atoms. The van der Waals surface area contributed by atoms with Gasteiger partial charge in [-0.2, -0.15) is 0 Å². The Hall–Kier alpha value is -1.81. The van der Waals surface area contributed by atoms with E-state index >= 15 is 0 Å². The Balaban J connectivity index is 2.00. The molecule has 0 fully saturated rings. The first-order valence-electron chi connectivity index (χ1n) is 5.80. The van der Waals surface area contributed by atoms with E-state index in [9.17, 15) is 4.39 Å². The Labute approximate surface area is 106 Å². The highest BCUT2D eigenvalue weighted by atomic mass is 19.1. The number of nitrogens with one attached hydrogen (secondary N) is 1. The molecule has 0 saturated heterocycles. The van der Waals surface area contributed by atoms with E-state index in [1.807, 2.05) is 25.1 Å². The van der Waals surface area contributed by atoms with Crippen LogP contribution in [0, 0.1) is 5.82 Å². The van der Waals surface area contributed by atoms with Gasteiger partial charge in [0, 0.05) is 6.04 Å².